The van der Waals surface area contributed by atoms with E-state index in [1.54, 1.807) is 0 Å². The van der Waals surface area contributed by atoms with E-state index in [0.717, 1.165) is 22.4 Å². The Bertz CT molecular complexity index is 3510. The number of rotatable bonds is 4. The number of benzene rings is 8. The first-order valence-corrected chi connectivity index (χ1v) is 22.7. The lowest BCUT2D eigenvalue weighted by atomic mass is 9.63. The van der Waals surface area contributed by atoms with E-state index in [0.29, 0.717) is 17.5 Å². The van der Waals surface area contributed by atoms with Gasteiger partial charge in [0.15, 0.2) is 17.5 Å². The third-order valence-electron chi connectivity index (χ3n) is 14.9. The number of aromatic nitrogens is 4. The summed E-state index contributed by atoms with van der Waals surface area (Å²) in [4.78, 5) is 15.9. The van der Waals surface area contributed by atoms with Gasteiger partial charge in [-0.3, -0.25) is 0 Å². The van der Waals surface area contributed by atoms with Crippen molar-refractivity contribution < 1.29 is 0 Å². The summed E-state index contributed by atoms with van der Waals surface area (Å²) in [6.45, 7) is 9.65. The molecule has 3 aliphatic rings. The van der Waals surface area contributed by atoms with Crippen molar-refractivity contribution in [2.24, 2.45) is 0 Å². The fourth-order valence-electron chi connectivity index (χ4n) is 11.7. The second-order valence-corrected chi connectivity index (χ2v) is 19.4. The highest BCUT2D eigenvalue weighted by Gasteiger charge is 2.51. The summed E-state index contributed by atoms with van der Waals surface area (Å²) >= 11 is 0. The molecule has 4 nitrogen and oxygen atoms in total. The van der Waals surface area contributed by atoms with Crippen LogP contribution in [0.3, 0.4) is 0 Å². The summed E-state index contributed by atoms with van der Waals surface area (Å²) in [5.41, 5.74) is 19.3. The first-order valence-electron chi connectivity index (χ1n) is 22.7. The Morgan fingerprint density at radius 1 is 0.359 bits per heavy atom. The second kappa shape index (κ2) is 13.3. The highest BCUT2D eigenvalue weighted by atomic mass is 15.0. The van der Waals surface area contributed by atoms with Crippen molar-refractivity contribution in [1.82, 2.24) is 19.5 Å². The van der Waals surface area contributed by atoms with Crippen LogP contribution in [-0.4, -0.2) is 19.5 Å². The Morgan fingerprint density at radius 3 is 1.50 bits per heavy atom. The fraction of sp³-hybridized carbons (Fsp3) is 0.150. The average molecular weight is 823 g/mol. The predicted molar refractivity (Wildman–Crippen MR) is 262 cm³/mol. The standard InChI is InChI=1S/C60H46N4/c1-58(2)31-32-59(3,4)52-36-54-46(35-51(52)58)45-24-11-15-28-53(45)64(54)40-20-16-19-38(33-40)56-61-55(37-17-6-5-7-18-37)62-57(63-56)39-29-30-44-43-23-10-14-27-49(43)60(50(44)34-39)47-25-12-8-21-41(47)42-22-9-13-26-48(42)60/h5-30,33-36H,31-32H2,1-4H3. The monoisotopic (exact) mass is 822 g/mol. The molecule has 0 saturated carbocycles. The van der Waals surface area contributed by atoms with E-state index in [1.807, 2.05) is 18.2 Å². The summed E-state index contributed by atoms with van der Waals surface area (Å²) in [5.74, 6) is 1.94. The van der Waals surface area contributed by atoms with E-state index in [-0.39, 0.29) is 10.8 Å². The first kappa shape index (κ1) is 37.2. The maximum atomic E-state index is 5.39. The molecule has 0 bridgehead atoms. The van der Waals surface area contributed by atoms with Crippen LogP contribution in [0.15, 0.2) is 182 Å². The Morgan fingerprint density at radius 2 is 0.859 bits per heavy atom. The highest BCUT2D eigenvalue weighted by Crippen LogP contribution is 2.63. The molecular formula is C60H46N4. The molecule has 0 atom stereocenters. The van der Waals surface area contributed by atoms with Crippen LogP contribution in [-0.2, 0) is 16.2 Å². The molecule has 2 aromatic heterocycles. The summed E-state index contributed by atoms with van der Waals surface area (Å²) in [7, 11) is 0. The zero-order chi connectivity index (χ0) is 43.0. The lowest BCUT2D eigenvalue weighted by molar-refractivity contribution is 0.332. The van der Waals surface area contributed by atoms with Gasteiger partial charge in [0.2, 0.25) is 0 Å². The van der Waals surface area contributed by atoms with E-state index in [2.05, 4.69) is 196 Å². The minimum Gasteiger partial charge on any atom is -0.309 e. The molecular weight excluding hydrogens is 777 g/mol. The van der Waals surface area contributed by atoms with Gasteiger partial charge < -0.3 is 4.57 Å². The SMILES string of the molecule is CC1(C)CCC(C)(C)c2cc3c(cc21)c1ccccc1n3-c1cccc(-c2nc(-c3ccccc3)nc(-c3ccc4c(c3)C3(c5ccccc5-c5ccccc53)c3ccccc3-4)n2)c1. The van der Waals surface area contributed by atoms with E-state index >= 15 is 0 Å². The van der Waals surface area contributed by atoms with Crippen LogP contribution in [0.2, 0.25) is 0 Å². The maximum absolute atomic E-state index is 5.39. The lowest BCUT2D eigenvalue weighted by Crippen LogP contribution is -2.33. The molecule has 1 spiro atoms. The molecule has 306 valence electrons. The molecule has 64 heavy (non-hydrogen) atoms. The normalized spacial score (nSPS) is 15.8. The molecule has 10 aromatic rings. The van der Waals surface area contributed by atoms with Crippen molar-refractivity contribution in [3.63, 3.8) is 0 Å². The van der Waals surface area contributed by atoms with Gasteiger partial charge in [-0.1, -0.05) is 173 Å². The first-order chi connectivity index (χ1) is 31.2. The number of fused-ring (bicyclic) bond motifs is 14. The van der Waals surface area contributed by atoms with Gasteiger partial charge in [-0.15, -0.1) is 0 Å². The smallest absolute Gasteiger partial charge is 0.164 e. The van der Waals surface area contributed by atoms with E-state index in [9.17, 15) is 0 Å². The van der Waals surface area contributed by atoms with Crippen LogP contribution in [0, 0.1) is 0 Å². The molecule has 0 N–H and O–H groups in total. The third kappa shape index (κ3) is 5.14. The van der Waals surface area contributed by atoms with Crippen molar-refractivity contribution in [3.05, 3.63) is 215 Å². The van der Waals surface area contributed by atoms with Gasteiger partial charge in [0.05, 0.1) is 16.4 Å². The minimum atomic E-state index is -0.464. The van der Waals surface area contributed by atoms with E-state index in [1.165, 1.54) is 90.3 Å². The van der Waals surface area contributed by atoms with Crippen LogP contribution in [0.25, 0.3) is 83.9 Å². The third-order valence-corrected chi connectivity index (χ3v) is 14.9. The summed E-state index contributed by atoms with van der Waals surface area (Å²) in [5, 5.41) is 2.56. The Kier molecular flexibility index (Phi) is 7.72. The molecule has 2 heterocycles. The van der Waals surface area contributed by atoms with Gasteiger partial charge >= 0.3 is 0 Å². The zero-order valence-corrected chi connectivity index (χ0v) is 36.5. The minimum absolute atomic E-state index is 0.0851. The van der Waals surface area contributed by atoms with Crippen molar-refractivity contribution >= 4 is 21.8 Å². The Hall–Kier alpha value is -7.43. The van der Waals surface area contributed by atoms with Crippen molar-refractivity contribution in [2.45, 2.75) is 56.8 Å². The van der Waals surface area contributed by atoms with Crippen LogP contribution in [0.1, 0.15) is 73.9 Å². The van der Waals surface area contributed by atoms with Crippen LogP contribution in [0.4, 0.5) is 0 Å². The predicted octanol–water partition coefficient (Wildman–Crippen LogP) is 14.7. The largest absolute Gasteiger partial charge is 0.309 e. The highest BCUT2D eigenvalue weighted by molar-refractivity contribution is 6.10. The average Bonchev–Trinajstić information content (AvgIpc) is 3.94. The number of hydrogen-bond donors (Lipinski definition) is 0. The van der Waals surface area contributed by atoms with E-state index < -0.39 is 5.41 Å². The molecule has 0 aliphatic heterocycles. The Balaban J connectivity index is 1.01. The molecule has 0 unspecified atom stereocenters. The van der Waals surface area contributed by atoms with Gasteiger partial charge in [-0.05, 0) is 116 Å². The van der Waals surface area contributed by atoms with Crippen molar-refractivity contribution in [1.29, 1.82) is 0 Å². The van der Waals surface area contributed by atoms with Gasteiger partial charge in [-0.25, -0.2) is 15.0 Å². The van der Waals surface area contributed by atoms with Gasteiger partial charge in [0.25, 0.3) is 0 Å². The molecule has 0 radical (unpaired) electrons. The molecule has 0 amide bonds. The van der Waals surface area contributed by atoms with Crippen molar-refractivity contribution in [2.75, 3.05) is 0 Å². The van der Waals surface area contributed by atoms with E-state index in [4.69, 9.17) is 15.0 Å². The van der Waals surface area contributed by atoms with Crippen LogP contribution < -0.4 is 0 Å². The topological polar surface area (TPSA) is 43.6 Å². The van der Waals surface area contributed by atoms with Crippen molar-refractivity contribution in [3.8, 4) is 62.1 Å². The zero-order valence-electron chi connectivity index (χ0n) is 36.5. The number of nitrogens with zero attached hydrogens (tertiary/aromatic N) is 4. The Labute approximate surface area is 374 Å². The summed E-state index contributed by atoms with van der Waals surface area (Å²) in [6, 6.07) is 66.6. The fourth-order valence-corrected chi connectivity index (χ4v) is 11.7. The number of hydrogen-bond acceptors (Lipinski definition) is 3. The quantitative estimate of drug-likeness (QED) is 0.178. The molecule has 8 aromatic carbocycles. The maximum Gasteiger partial charge on any atom is 0.164 e. The van der Waals surface area contributed by atoms with Crippen LogP contribution >= 0.6 is 0 Å². The van der Waals surface area contributed by atoms with Gasteiger partial charge in [-0.2, -0.15) is 0 Å². The molecule has 4 heteroatoms. The molecule has 0 fully saturated rings. The van der Waals surface area contributed by atoms with Gasteiger partial charge in [0, 0.05) is 33.2 Å². The van der Waals surface area contributed by atoms with Gasteiger partial charge in [0.1, 0.15) is 0 Å². The number of para-hydroxylation sites is 1. The lowest BCUT2D eigenvalue weighted by Gasteiger charge is -2.42. The summed E-state index contributed by atoms with van der Waals surface area (Å²) < 4.78 is 2.45. The summed E-state index contributed by atoms with van der Waals surface area (Å²) in [6.07, 6.45) is 2.35. The second-order valence-electron chi connectivity index (χ2n) is 19.4. The molecule has 13 rings (SSSR count). The molecule has 3 aliphatic carbocycles. The van der Waals surface area contributed by atoms with Crippen LogP contribution in [0.5, 0.6) is 0 Å². The molecule has 0 saturated heterocycles.